The normalized spacial score (nSPS) is 8.33. The van der Waals surface area contributed by atoms with E-state index in [0.29, 0.717) is 4.90 Å². The molecule has 0 N–H and O–H groups in total. The summed E-state index contributed by atoms with van der Waals surface area (Å²) in [4.78, 5) is 0.370. The third-order valence-electron chi connectivity index (χ3n) is 1.17. The van der Waals surface area contributed by atoms with Crippen LogP contribution < -0.4 is 0 Å². The minimum absolute atomic E-state index is 0. The Kier molecular flexibility index (Phi) is 14.8. The Morgan fingerprint density at radius 3 is 1.40 bits per heavy atom. The first-order valence-electron chi connectivity index (χ1n) is 4.86. The molecule has 0 unspecified atom stereocenters. The van der Waals surface area contributed by atoms with Gasteiger partial charge in [-0.15, -0.1) is 0 Å². The van der Waals surface area contributed by atoms with E-state index < -0.39 is 9.84 Å². The fraction of sp³-hybridized carbons (Fsp3) is 0.500. The van der Waals surface area contributed by atoms with Crippen molar-refractivity contribution in [2.24, 2.45) is 0 Å². The fourth-order valence-electron chi connectivity index (χ4n) is 0.668. The van der Waals surface area contributed by atoms with Crippen molar-refractivity contribution in [3.05, 3.63) is 30.3 Å². The van der Waals surface area contributed by atoms with Gasteiger partial charge in [0.1, 0.15) is 0 Å². The second-order valence-electron chi connectivity index (χ2n) is 2.09. The molecule has 1 rings (SSSR count). The molecule has 0 heterocycles. The van der Waals surface area contributed by atoms with Gasteiger partial charge in [0, 0.05) is 6.26 Å². The van der Waals surface area contributed by atoms with Crippen LogP contribution in [0.2, 0.25) is 0 Å². The molecule has 0 spiro atoms. The van der Waals surface area contributed by atoms with Crippen molar-refractivity contribution in [3.63, 3.8) is 0 Å². The van der Waals surface area contributed by atoms with Gasteiger partial charge in [-0.05, 0) is 12.1 Å². The van der Waals surface area contributed by atoms with Gasteiger partial charge in [-0.25, -0.2) is 8.42 Å². The van der Waals surface area contributed by atoms with E-state index >= 15 is 0 Å². The number of rotatable bonds is 1. The Bertz CT molecular complexity index is 302. The summed E-state index contributed by atoms with van der Waals surface area (Å²) < 4.78 is 21.7. The number of hydrogen-bond acceptors (Lipinski definition) is 2. The van der Waals surface area contributed by atoms with Crippen LogP contribution in [0.15, 0.2) is 35.2 Å². The molecular formula is C12H24O2S. The predicted octanol–water partition coefficient (Wildman–Crippen LogP) is 3.78. The van der Waals surface area contributed by atoms with Gasteiger partial charge < -0.3 is 0 Å². The Labute approximate surface area is 95.3 Å². The van der Waals surface area contributed by atoms with Crippen LogP contribution in [0.4, 0.5) is 0 Å². The Morgan fingerprint density at radius 1 is 0.867 bits per heavy atom. The monoisotopic (exact) mass is 232 g/mol. The zero-order chi connectivity index (χ0) is 11.6. The van der Waals surface area contributed by atoms with E-state index in [0.717, 1.165) is 0 Å². The largest absolute Gasteiger partial charge is 0.224 e. The first-order valence-corrected chi connectivity index (χ1v) is 6.75. The standard InChI is InChI=1S/C7H8O2S.2C2H6.CH4/c1-10(8,9)7-5-3-2-4-6-7;2*1-2;/h2-6H,1H3;2*1-2H3;1H4. The molecule has 0 fully saturated rings. The predicted molar refractivity (Wildman–Crippen MR) is 69.0 cm³/mol. The summed E-state index contributed by atoms with van der Waals surface area (Å²) in [5.74, 6) is 0. The van der Waals surface area contributed by atoms with E-state index in [4.69, 9.17) is 0 Å². The zero-order valence-corrected chi connectivity index (χ0v) is 10.4. The van der Waals surface area contributed by atoms with Crippen molar-refractivity contribution in [1.29, 1.82) is 0 Å². The van der Waals surface area contributed by atoms with Crippen molar-refractivity contribution in [1.82, 2.24) is 0 Å². The molecule has 0 saturated heterocycles. The van der Waals surface area contributed by atoms with Crippen LogP contribution >= 0.6 is 0 Å². The van der Waals surface area contributed by atoms with Crippen LogP contribution in [0.5, 0.6) is 0 Å². The summed E-state index contributed by atoms with van der Waals surface area (Å²) in [6.45, 7) is 8.00. The van der Waals surface area contributed by atoms with E-state index in [9.17, 15) is 8.42 Å². The number of hydrogen-bond donors (Lipinski definition) is 0. The highest BCUT2D eigenvalue weighted by molar-refractivity contribution is 7.90. The van der Waals surface area contributed by atoms with Gasteiger partial charge in [0.05, 0.1) is 4.90 Å². The summed E-state index contributed by atoms with van der Waals surface area (Å²) in [6.07, 6.45) is 1.20. The van der Waals surface area contributed by atoms with E-state index in [1.54, 1.807) is 30.3 Å². The smallest absolute Gasteiger partial charge is 0.175 e. The summed E-state index contributed by atoms with van der Waals surface area (Å²) in [7, 11) is -3.00. The molecule has 2 nitrogen and oxygen atoms in total. The maximum Gasteiger partial charge on any atom is 0.175 e. The SMILES string of the molecule is C.CC.CC.CS(=O)(=O)c1ccccc1. The summed E-state index contributed by atoms with van der Waals surface area (Å²) in [5.41, 5.74) is 0. The van der Waals surface area contributed by atoms with Crippen molar-refractivity contribution < 1.29 is 8.42 Å². The summed E-state index contributed by atoms with van der Waals surface area (Å²) in [6, 6.07) is 8.35. The van der Waals surface area contributed by atoms with Crippen LogP contribution in [0.1, 0.15) is 35.1 Å². The highest BCUT2D eigenvalue weighted by Crippen LogP contribution is 2.05. The van der Waals surface area contributed by atoms with Crippen LogP contribution in [0.25, 0.3) is 0 Å². The van der Waals surface area contributed by atoms with Gasteiger partial charge in [0.2, 0.25) is 0 Å². The van der Waals surface area contributed by atoms with Crippen LogP contribution in [-0.2, 0) is 9.84 Å². The van der Waals surface area contributed by atoms with E-state index in [1.807, 2.05) is 27.7 Å². The van der Waals surface area contributed by atoms with Gasteiger partial charge in [0.25, 0.3) is 0 Å². The van der Waals surface area contributed by atoms with Gasteiger partial charge in [0.15, 0.2) is 9.84 Å². The lowest BCUT2D eigenvalue weighted by molar-refractivity contribution is 0.602. The van der Waals surface area contributed by atoms with Crippen LogP contribution in [0, 0.1) is 0 Å². The fourth-order valence-corrected chi connectivity index (χ4v) is 1.32. The molecule has 0 aliphatic carbocycles. The molecule has 1 aromatic rings. The average molecular weight is 232 g/mol. The molecule has 1 aromatic carbocycles. The third-order valence-corrected chi connectivity index (χ3v) is 2.30. The number of benzene rings is 1. The van der Waals surface area contributed by atoms with Crippen LogP contribution in [-0.4, -0.2) is 14.7 Å². The van der Waals surface area contributed by atoms with Crippen molar-refractivity contribution in [2.45, 2.75) is 40.0 Å². The zero-order valence-electron chi connectivity index (χ0n) is 9.61. The quantitative estimate of drug-likeness (QED) is 0.738. The lowest BCUT2D eigenvalue weighted by atomic mass is 10.4. The Hall–Kier alpha value is -0.830. The maximum atomic E-state index is 10.8. The molecule has 0 aliphatic heterocycles. The molecule has 0 amide bonds. The second-order valence-corrected chi connectivity index (χ2v) is 4.10. The van der Waals surface area contributed by atoms with Gasteiger partial charge in [-0.1, -0.05) is 53.3 Å². The first-order chi connectivity index (χ1) is 6.61. The van der Waals surface area contributed by atoms with Crippen molar-refractivity contribution in [3.8, 4) is 0 Å². The molecule has 0 bridgehead atoms. The van der Waals surface area contributed by atoms with Crippen molar-refractivity contribution >= 4 is 9.84 Å². The molecular weight excluding hydrogens is 208 g/mol. The molecule has 0 atom stereocenters. The molecule has 0 radical (unpaired) electrons. The second kappa shape index (κ2) is 11.2. The topological polar surface area (TPSA) is 34.1 Å². The van der Waals surface area contributed by atoms with Gasteiger partial charge >= 0.3 is 0 Å². The van der Waals surface area contributed by atoms with E-state index in [2.05, 4.69) is 0 Å². The maximum absolute atomic E-state index is 10.8. The highest BCUT2D eigenvalue weighted by atomic mass is 32.2. The van der Waals surface area contributed by atoms with E-state index in [1.165, 1.54) is 6.26 Å². The summed E-state index contributed by atoms with van der Waals surface area (Å²) in [5, 5.41) is 0. The molecule has 0 aromatic heterocycles. The lowest BCUT2D eigenvalue weighted by Gasteiger charge is -1.93. The molecule has 90 valence electrons. The third kappa shape index (κ3) is 9.47. The highest BCUT2D eigenvalue weighted by Gasteiger charge is 2.02. The first kappa shape index (κ1) is 19.7. The minimum Gasteiger partial charge on any atom is -0.224 e. The minimum atomic E-state index is -3.00. The lowest BCUT2D eigenvalue weighted by Crippen LogP contribution is -1.95. The van der Waals surface area contributed by atoms with E-state index in [-0.39, 0.29) is 7.43 Å². The average Bonchev–Trinajstić information content (AvgIpc) is 2.24. The van der Waals surface area contributed by atoms with Gasteiger partial charge in [-0.2, -0.15) is 0 Å². The van der Waals surface area contributed by atoms with Gasteiger partial charge in [-0.3, -0.25) is 0 Å². The van der Waals surface area contributed by atoms with Crippen molar-refractivity contribution in [2.75, 3.05) is 6.26 Å². The molecule has 15 heavy (non-hydrogen) atoms. The molecule has 0 aliphatic rings. The molecule has 0 saturated carbocycles. The van der Waals surface area contributed by atoms with Crippen LogP contribution in [0.3, 0.4) is 0 Å². The Morgan fingerprint density at radius 2 is 1.20 bits per heavy atom. The Balaban J connectivity index is -0.000000258. The number of sulfone groups is 1. The molecule has 3 heteroatoms. The summed E-state index contributed by atoms with van der Waals surface area (Å²) >= 11 is 0.